The molecule has 0 heterocycles. The van der Waals surface area contributed by atoms with Crippen molar-refractivity contribution in [3.63, 3.8) is 0 Å². The maximum Gasteiger partial charge on any atom is 0.325 e. The second kappa shape index (κ2) is 3.73. The van der Waals surface area contributed by atoms with E-state index in [0.29, 0.717) is 0 Å². The van der Waals surface area contributed by atoms with E-state index in [1.807, 2.05) is 0 Å². The predicted molar refractivity (Wildman–Crippen MR) is 49.3 cm³/mol. The minimum Gasteiger partial charge on any atom is -0.508 e. The monoisotopic (exact) mass is 217 g/mol. The van der Waals surface area contributed by atoms with Crippen molar-refractivity contribution in [3.05, 3.63) is 22.7 Å². The quantitative estimate of drug-likeness (QED) is 0.588. The molecule has 0 aliphatic carbocycles. The van der Waals surface area contributed by atoms with Gasteiger partial charge in [-0.25, -0.2) is 0 Å². The number of hydrogen-bond acceptors (Lipinski definition) is 4. The van der Waals surface area contributed by atoms with Crippen LogP contribution in [0.15, 0.2) is 12.1 Å². The van der Waals surface area contributed by atoms with Crippen molar-refractivity contribution in [3.8, 4) is 11.5 Å². The Balaban J connectivity index is 3.26. The zero-order valence-corrected chi connectivity index (χ0v) is 7.69. The molecule has 1 aromatic carbocycles. The van der Waals surface area contributed by atoms with Gasteiger partial charge in [-0.05, 0) is 6.07 Å². The molecule has 0 fully saturated rings. The molecule has 0 spiro atoms. The summed E-state index contributed by atoms with van der Waals surface area (Å²) in [4.78, 5) is 10.5. The van der Waals surface area contributed by atoms with Crippen molar-refractivity contribution in [2.45, 2.75) is 6.04 Å². The molecule has 5 nitrogen and oxygen atoms in total. The van der Waals surface area contributed by atoms with E-state index < -0.39 is 17.8 Å². The third-order valence-corrected chi connectivity index (χ3v) is 2.08. The third-order valence-electron chi connectivity index (χ3n) is 1.67. The summed E-state index contributed by atoms with van der Waals surface area (Å²) >= 11 is 5.60. The Morgan fingerprint density at radius 3 is 2.50 bits per heavy atom. The standard InChI is InChI=1S/C8H8ClNO4/c9-6-4(7(10)8(13)14)1-3(11)2-5(6)12/h1-2,7,11-12H,10H2,(H,13,14)/t7-/m0/s1. The van der Waals surface area contributed by atoms with Gasteiger partial charge in [-0.2, -0.15) is 0 Å². The summed E-state index contributed by atoms with van der Waals surface area (Å²) in [7, 11) is 0. The first-order valence-electron chi connectivity index (χ1n) is 3.63. The number of halogens is 1. The van der Waals surface area contributed by atoms with Crippen LogP contribution in [-0.2, 0) is 4.79 Å². The summed E-state index contributed by atoms with van der Waals surface area (Å²) in [6, 6.07) is 0.724. The lowest BCUT2D eigenvalue weighted by molar-refractivity contribution is -0.138. The van der Waals surface area contributed by atoms with Crippen LogP contribution in [0.25, 0.3) is 0 Å². The zero-order chi connectivity index (χ0) is 10.9. The Morgan fingerprint density at radius 2 is 2.00 bits per heavy atom. The Morgan fingerprint density at radius 1 is 1.43 bits per heavy atom. The van der Waals surface area contributed by atoms with E-state index >= 15 is 0 Å². The van der Waals surface area contributed by atoms with Crippen LogP contribution in [0.4, 0.5) is 0 Å². The van der Waals surface area contributed by atoms with Gasteiger partial charge in [0.05, 0.1) is 5.02 Å². The highest BCUT2D eigenvalue weighted by Crippen LogP contribution is 2.34. The lowest BCUT2D eigenvalue weighted by Crippen LogP contribution is -2.20. The van der Waals surface area contributed by atoms with Gasteiger partial charge in [0.25, 0.3) is 0 Å². The average Bonchev–Trinajstić information content (AvgIpc) is 2.09. The fourth-order valence-electron chi connectivity index (χ4n) is 0.975. The van der Waals surface area contributed by atoms with Gasteiger partial charge in [-0.3, -0.25) is 4.79 Å². The highest BCUT2D eigenvalue weighted by Gasteiger charge is 2.20. The van der Waals surface area contributed by atoms with Crippen LogP contribution in [0, 0.1) is 0 Å². The molecule has 0 aliphatic rings. The maximum absolute atomic E-state index is 10.5. The number of carbonyl (C=O) groups is 1. The number of benzene rings is 1. The second-order valence-electron chi connectivity index (χ2n) is 2.68. The van der Waals surface area contributed by atoms with Crippen LogP contribution in [0.2, 0.25) is 5.02 Å². The molecule has 0 radical (unpaired) electrons. The van der Waals surface area contributed by atoms with Gasteiger partial charge < -0.3 is 21.1 Å². The Labute approximate surface area is 84.3 Å². The number of hydrogen-bond donors (Lipinski definition) is 4. The van der Waals surface area contributed by atoms with Crippen molar-refractivity contribution in [2.24, 2.45) is 5.73 Å². The number of carboxylic acids is 1. The van der Waals surface area contributed by atoms with Gasteiger partial charge >= 0.3 is 5.97 Å². The lowest BCUT2D eigenvalue weighted by Gasteiger charge is -2.10. The van der Waals surface area contributed by atoms with E-state index in [1.165, 1.54) is 0 Å². The van der Waals surface area contributed by atoms with E-state index in [4.69, 9.17) is 27.5 Å². The number of rotatable bonds is 2. The first-order valence-corrected chi connectivity index (χ1v) is 4.01. The number of carboxylic acid groups (broad SMARTS) is 1. The normalized spacial score (nSPS) is 12.4. The molecule has 1 atom stereocenters. The van der Waals surface area contributed by atoms with Gasteiger partial charge in [0.1, 0.15) is 17.5 Å². The van der Waals surface area contributed by atoms with Crippen LogP contribution in [0.5, 0.6) is 11.5 Å². The predicted octanol–water partition coefficient (Wildman–Crippen LogP) is 0.836. The van der Waals surface area contributed by atoms with E-state index in [2.05, 4.69) is 0 Å². The minimum absolute atomic E-state index is 0.0309. The summed E-state index contributed by atoms with van der Waals surface area (Å²) in [6.45, 7) is 0. The average molecular weight is 218 g/mol. The van der Waals surface area contributed by atoms with Crippen LogP contribution < -0.4 is 5.73 Å². The van der Waals surface area contributed by atoms with Crippen molar-refractivity contribution >= 4 is 17.6 Å². The van der Waals surface area contributed by atoms with Crippen LogP contribution in [-0.4, -0.2) is 21.3 Å². The molecule has 0 unspecified atom stereocenters. The maximum atomic E-state index is 10.5. The highest BCUT2D eigenvalue weighted by atomic mass is 35.5. The van der Waals surface area contributed by atoms with Crippen molar-refractivity contribution in [2.75, 3.05) is 0 Å². The third kappa shape index (κ3) is 1.89. The Kier molecular flexibility index (Phi) is 2.83. The molecule has 0 aliphatic heterocycles. The Hall–Kier alpha value is -1.46. The number of phenols is 2. The first-order chi connectivity index (χ1) is 6.43. The number of nitrogens with two attached hydrogens (primary N) is 1. The number of aliphatic carboxylic acids is 1. The molecule has 1 aromatic rings. The molecular formula is C8H8ClNO4. The number of phenolic OH excluding ortho intramolecular Hbond substituents is 2. The fourth-order valence-corrected chi connectivity index (χ4v) is 1.20. The molecule has 0 saturated carbocycles. The van der Waals surface area contributed by atoms with Gasteiger partial charge in [0, 0.05) is 11.6 Å². The molecule has 14 heavy (non-hydrogen) atoms. The Bertz CT molecular complexity index is 380. The van der Waals surface area contributed by atoms with E-state index in [1.54, 1.807) is 0 Å². The summed E-state index contributed by atoms with van der Waals surface area (Å²) in [5, 5.41) is 26.7. The van der Waals surface area contributed by atoms with Crippen molar-refractivity contribution in [1.29, 1.82) is 0 Å². The zero-order valence-electron chi connectivity index (χ0n) is 6.94. The van der Waals surface area contributed by atoms with Crippen LogP contribution in [0.3, 0.4) is 0 Å². The lowest BCUT2D eigenvalue weighted by atomic mass is 10.1. The molecule has 76 valence electrons. The van der Waals surface area contributed by atoms with E-state index in [0.717, 1.165) is 12.1 Å². The van der Waals surface area contributed by atoms with Gasteiger partial charge in [-0.15, -0.1) is 0 Å². The molecule has 5 N–H and O–H groups in total. The van der Waals surface area contributed by atoms with E-state index in [9.17, 15) is 9.90 Å². The van der Waals surface area contributed by atoms with Crippen LogP contribution >= 0.6 is 11.6 Å². The molecule has 0 bridgehead atoms. The molecular weight excluding hydrogens is 210 g/mol. The SMILES string of the molecule is N[C@H](C(=O)O)c1cc(O)cc(O)c1Cl. The summed E-state index contributed by atoms with van der Waals surface area (Å²) < 4.78 is 0. The summed E-state index contributed by atoms with van der Waals surface area (Å²) in [5.74, 6) is -1.99. The second-order valence-corrected chi connectivity index (χ2v) is 3.06. The highest BCUT2D eigenvalue weighted by molar-refractivity contribution is 6.33. The topological polar surface area (TPSA) is 104 Å². The smallest absolute Gasteiger partial charge is 0.325 e. The minimum atomic E-state index is -1.37. The molecule has 0 aromatic heterocycles. The summed E-state index contributed by atoms with van der Waals surface area (Å²) in [6.07, 6.45) is 0. The first kappa shape index (κ1) is 10.6. The van der Waals surface area contributed by atoms with Gasteiger partial charge in [0.15, 0.2) is 0 Å². The fraction of sp³-hybridized carbons (Fsp3) is 0.125. The van der Waals surface area contributed by atoms with E-state index in [-0.39, 0.29) is 16.3 Å². The van der Waals surface area contributed by atoms with Crippen LogP contribution in [0.1, 0.15) is 11.6 Å². The van der Waals surface area contributed by atoms with Gasteiger partial charge in [0.2, 0.25) is 0 Å². The molecule has 1 rings (SSSR count). The van der Waals surface area contributed by atoms with Gasteiger partial charge in [-0.1, -0.05) is 11.6 Å². The molecule has 6 heteroatoms. The molecule has 0 saturated heterocycles. The van der Waals surface area contributed by atoms with Crippen molar-refractivity contribution in [1.82, 2.24) is 0 Å². The largest absolute Gasteiger partial charge is 0.508 e. The summed E-state index contributed by atoms with van der Waals surface area (Å²) in [5.41, 5.74) is 5.24. The molecule has 0 amide bonds. The number of aromatic hydroxyl groups is 2. The van der Waals surface area contributed by atoms with Crippen molar-refractivity contribution < 1.29 is 20.1 Å².